The number of benzene rings is 1. The van der Waals surface area contributed by atoms with Crippen molar-refractivity contribution in [3.63, 3.8) is 0 Å². The van der Waals surface area contributed by atoms with E-state index in [0.29, 0.717) is 11.8 Å². The van der Waals surface area contributed by atoms with Crippen molar-refractivity contribution in [3.8, 4) is 11.5 Å². The maximum absolute atomic E-state index is 7.09. The van der Waals surface area contributed by atoms with Crippen LogP contribution in [0.3, 0.4) is 0 Å². The molecule has 0 amide bonds. The molecule has 0 N–H and O–H groups in total. The fourth-order valence-electron chi connectivity index (χ4n) is 5.61. The topological polar surface area (TPSA) is 18.5 Å². The Balaban J connectivity index is 2.10. The minimum Gasteiger partial charge on any atom is -0.543 e. The van der Waals surface area contributed by atoms with Crippen LogP contribution in [0, 0.1) is 5.92 Å². The minimum absolute atomic E-state index is 0.136. The Bertz CT molecular complexity index is 752. The van der Waals surface area contributed by atoms with Gasteiger partial charge in [-0.05, 0) is 82.3 Å². The molecular weight excluding hydrogens is 384 g/mol. The summed E-state index contributed by atoms with van der Waals surface area (Å²) < 4.78 is 13.8. The lowest BCUT2D eigenvalue weighted by Crippen LogP contribution is -2.46. The van der Waals surface area contributed by atoms with Crippen molar-refractivity contribution in [3.05, 3.63) is 34.9 Å². The zero-order valence-corrected chi connectivity index (χ0v) is 21.6. The smallest absolute Gasteiger partial charge is 0.250 e. The van der Waals surface area contributed by atoms with Crippen LogP contribution in [-0.2, 0) is 6.42 Å². The first-order valence-electron chi connectivity index (χ1n) is 12.5. The zero-order valence-electron chi connectivity index (χ0n) is 20.6. The molecule has 1 aromatic rings. The van der Waals surface area contributed by atoms with Crippen molar-refractivity contribution in [2.45, 2.75) is 117 Å². The summed E-state index contributed by atoms with van der Waals surface area (Å²) in [5, 5.41) is 0. The van der Waals surface area contributed by atoms with Gasteiger partial charge in [-0.1, -0.05) is 52.2 Å². The second-order valence-electron chi connectivity index (χ2n) is 10.2. The molecule has 0 saturated carbocycles. The maximum Gasteiger partial charge on any atom is 0.250 e. The quantitative estimate of drug-likeness (QED) is 0.223. The Morgan fingerprint density at radius 3 is 2.40 bits per heavy atom. The van der Waals surface area contributed by atoms with Gasteiger partial charge in [-0.3, -0.25) is 0 Å². The van der Waals surface area contributed by atoms with E-state index in [1.165, 1.54) is 54.1 Å². The van der Waals surface area contributed by atoms with Crippen LogP contribution in [-0.4, -0.2) is 13.9 Å². The van der Waals surface area contributed by atoms with E-state index in [0.717, 1.165) is 30.8 Å². The van der Waals surface area contributed by atoms with E-state index < -0.39 is 8.32 Å². The third-order valence-electron chi connectivity index (χ3n) is 7.88. The van der Waals surface area contributed by atoms with E-state index in [1.807, 2.05) is 0 Å². The Morgan fingerprint density at radius 2 is 1.77 bits per heavy atom. The van der Waals surface area contributed by atoms with Crippen LogP contribution in [0.5, 0.6) is 11.5 Å². The van der Waals surface area contributed by atoms with Gasteiger partial charge in [-0.25, -0.2) is 0 Å². The van der Waals surface area contributed by atoms with Gasteiger partial charge in [0.05, 0.1) is 0 Å². The average Bonchev–Trinajstić information content (AvgIpc) is 2.71. The van der Waals surface area contributed by atoms with Crippen LogP contribution < -0.4 is 9.16 Å². The summed E-state index contributed by atoms with van der Waals surface area (Å²) >= 11 is 0. The summed E-state index contributed by atoms with van der Waals surface area (Å²) in [5.74, 6) is 3.29. The van der Waals surface area contributed by atoms with Gasteiger partial charge in [0.15, 0.2) is 0 Å². The molecule has 0 saturated heterocycles. The monoisotopic (exact) mass is 428 g/mol. The van der Waals surface area contributed by atoms with Crippen molar-refractivity contribution in [1.29, 1.82) is 0 Å². The van der Waals surface area contributed by atoms with Crippen molar-refractivity contribution in [2.24, 2.45) is 5.92 Å². The number of ether oxygens (including phenoxy) is 1. The van der Waals surface area contributed by atoms with E-state index in [9.17, 15) is 0 Å². The Labute approximate surface area is 186 Å². The van der Waals surface area contributed by atoms with Crippen molar-refractivity contribution in [2.75, 3.05) is 0 Å². The van der Waals surface area contributed by atoms with Gasteiger partial charge < -0.3 is 9.16 Å². The highest BCUT2D eigenvalue weighted by atomic mass is 28.4. The molecule has 1 aliphatic carbocycles. The lowest BCUT2D eigenvalue weighted by atomic mass is 9.67. The first kappa shape index (κ1) is 23.4. The lowest BCUT2D eigenvalue weighted by Gasteiger charge is -2.48. The van der Waals surface area contributed by atoms with E-state index in [1.54, 1.807) is 0 Å². The van der Waals surface area contributed by atoms with Gasteiger partial charge in [-0.2, -0.15) is 0 Å². The Morgan fingerprint density at radius 1 is 1.07 bits per heavy atom. The summed E-state index contributed by atoms with van der Waals surface area (Å²) in [6, 6.07) is 8.26. The Kier molecular flexibility index (Phi) is 7.43. The maximum atomic E-state index is 7.09. The summed E-state index contributed by atoms with van der Waals surface area (Å²) in [5.41, 5.74) is 4.14. The summed E-state index contributed by atoms with van der Waals surface area (Å²) in [7, 11) is -1.76. The molecule has 2 nitrogen and oxygen atoms in total. The molecule has 3 rings (SSSR count). The molecule has 0 aromatic heterocycles. The van der Waals surface area contributed by atoms with Gasteiger partial charge in [0.1, 0.15) is 17.1 Å². The van der Waals surface area contributed by atoms with Crippen LogP contribution >= 0.6 is 0 Å². The third kappa shape index (κ3) is 4.66. The molecule has 168 valence electrons. The molecule has 0 spiro atoms. The first-order chi connectivity index (χ1) is 14.3. The fraction of sp³-hybridized carbons (Fsp3) is 0.704. The number of aryl methyl sites for hydroxylation is 1. The standard InChI is InChI=1S/C27H44O2Si/c1-8-12-13-14-21-18-24-26(25(19-21)29-30(9-2,10-3)11-4)22-17-20(5)15-16-23(22)27(6,7)28-24/h15,18-19,22-23H,8-14,16-17H2,1-7H3. The molecule has 1 heterocycles. The van der Waals surface area contributed by atoms with Crippen LogP contribution in [0.4, 0.5) is 0 Å². The predicted octanol–water partition coefficient (Wildman–Crippen LogP) is 8.41. The van der Waals surface area contributed by atoms with Crippen LogP contribution in [0.2, 0.25) is 18.1 Å². The van der Waals surface area contributed by atoms with Gasteiger partial charge in [-0.15, -0.1) is 0 Å². The third-order valence-corrected chi connectivity index (χ3v) is 12.4. The normalized spacial score (nSPS) is 22.6. The van der Waals surface area contributed by atoms with Crippen molar-refractivity contribution < 1.29 is 9.16 Å². The van der Waals surface area contributed by atoms with Gasteiger partial charge in [0.25, 0.3) is 0 Å². The number of allylic oxidation sites excluding steroid dienone is 2. The van der Waals surface area contributed by atoms with Gasteiger partial charge in [0.2, 0.25) is 8.32 Å². The summed E-state index contributed by atoms with van der Waals surface area (Å²) in [4.78, 5) is 0. The molecule has 0 fully saturated rings. The molecule has 30 heavy (non-hydrogen) atoms. The summed E-state index contributed by atoms with van der Waals surface area (Å²) in [6.07, 6.45) is 9.57. The molecule has 3 heteroatoms. The zero-order chi connectivity index (χ0) is 21.9. The second kappa shape index (κ2) is 9.50. The molecule has 1 aromatic carbocycles. The number of fused-ring (bicyclic) bond motifs is 3. The molecule has 0 bridgehead atoms. The molecular formula is C27H44O2Si. The fourth-order valence-corrected chi connectivity index (χ4v) is 8.18. The number of rotatable bonds is 9. The molecule has 0 radical (unpaired) electrons. The highest BCUT2D eigenvalue weighted by molar-refractivity contribution is 6.74. The average molecular weight is 429 g/mol. The van der Waals surface area contributed by atoms with Gasteiger partial charge >= 0.3 is 0 Å². The van der Waals surface area contributed by atoms with Crippen LogP contribution in [0.15, 0.2) is 23.8 Å². The molecule has 2 atom stereocenters. The predicted molar refractivity (Wildman–Crippen MR) is 131 cm³/mol. The van der Waals surface area contributed by atoms with E-state index in [-0.39, 0.29) is 5.60 Å². The van der Waals surface area contributed by atoms with Gasteiger partial charge in [0, 0.05) is 17.4 Å². The highest BCUT2D eigenvalue weighted by Crippen LogP contribution is 2.55. The SMILES string of the molecule is CCCCCc1cc2c(c(O[Si](CC)(CC)CC)c1)C1CC(C)=CCC1C(C)(C)O2. The minimum atomic E-state index is -1.76. The second-order valence-corrected chi connectivity index (χ2v) is 14.9. The largest absolute Gasteiger partial charge is 0.543 e. The molecule has 1 aliphatic heterocycles. The number of hydrogen-bond acceptors (Lipinski definition) is 2. The van der Waals surface area contributed by atoms with Crippen LogP contribution in [0.1, 0.15) is 97.6 Å². The summed E-state index contributed by atoms with van der Waals surface area (Å²) in [6.45, 7) is 16.1. The number of hydrogen-bond donors (Lipinski definition) is 0. The molecule has 2 aliphatic rings. The number of unbranched alkanes of at least 4 members (excludes halogenated alkanes) is 2. The van der Waals surface area contributed by atoms with E-state index in [2.05, 4.69) is 66.7 Å². The van der Waals surface area contributed by atoms with Crippen molar-refractivity contribution >= 4 is 8.32 Å². The van der Waals surface area contributed by atoms with Crippen molar-refractivity contribution in [1.82, 2.24) is 0 Å². The highest BCUT2D eigenvalue weighted by Gasteiger charge is 2.46. The lowest BCUT2D eigenvalue weighted by molar-refractivity contribution is 0.00781. The molecule has 2 unspecified atom stereocenters. The van der Waals surface area contributed by atoms with Crippen LogP contribution in [0.25, 0.3) is 0 Å². The van der Waals surface area contributed by atoms with E-state index >= 15 is 0 Å². The van der Waals surface area contributed by atoms with E-state index in [4.69, 9.17) is 9.16 Å². The first-order valence-corrected chi connectivity index (χ1v) is 15.0. The Hall–Kier alpha value is -1.22.